The van der Waals surface area contributed by atoms with Gasteiger partial charge in [0.15, 0.2) is 0 Å². The molecule has 2 aromatic rings. The molecule has 0 unspecified atom stereocenters. The van der Waals surface area contributed by atoms with Crippen molar-refractivity contribution in [1.82, 2.24) is 5.32 Å². The molecule has 0 spiro atoms. The molecule has 5 heteroatoms. The van der Waals surface area contributed by atoms with Crippen LogP contribution in [0.2, 0.25) is 0 Å². The van der Waals surface area contributed by atoms with Gasteiger partial charge in [0.25, 0.3) is 0 Å². The highest BCUT2D eigenvalue weighted by molar-refractivity contribution is 5.92. The molecule has 0 heterocycles. The molecule has 5 nitrogen and oxygen atoms in total. The van der Waals surface area contributed by atoms with Crippen molar-refractivity contribution in [3.8, 4) is 0 Å². The SMILES string of the molecule is NN=Cc1ccc2cccc(CNC(=O)O)c2c1. The van der Waals surface area contributed by atoms with Crippen LogP contribution >= 0.6 is 0 Å². The van der Waals surface area contributed by atoms with Crippen LogP contribution in [0.3, 0.4) is 0 Å². The molecule has 18 heavy (non-hydrogen) atoms. The molecule has 0 aromatic heterocycles. The van der Waals surface area contributed by atoms with E-state index in [0.717, 1.165) is 21.9 Å². The number of nitrogens with one attached hydrogen (secondary N) is 1. The number of amides is 1. The highest BCUT2D eigenvalue weighted by atomic mass is 16.4. The fourth-order valence-corrected chi connectivity index (χ4v) is 1.85. The van der Waals surface area contributed by atoms with E-state index in [4.69, 9.17) is 10.9 Å². The number of benzene rings is 2. The zero-order valence-corrected chi connectivity index (χ0v) is 9.63. The minimum absolute atomic E-state index is 0.274. The average Bonchev–Trinajstić information content (AvgIpc) is 2.36. The van der Waals surface area contributed by atoms with Crippen LogP contribution in [0.25, 0.3) is 10.8 Å². The second-order valence-electron chi connectivity index (χ2n) is 3.83. The van der Waals surface area contributed by atoms with Crippen molar-refractivity contribution >= 4 is 23.1 Å². The lowest BCUT2D eigenvalue weighted by molar-refractivity contribution is 0.194. The number of fused-ring (bicyclic) bond motifs is 1. The van der Waals surface area contributed by atoms with E-state index >= 15 is 0 Å². The van der Waals surface area contributed by atoms with Gasteiger partial charge in [0.05, 0.1) is 6.21 Å². The molecule has 2 rings (SSSR count). The first-order valence-electron chi connectivity index (χ1n) is 5.42. The van der Waals surface area contributed by atoms with Crippen LogP contribution in [-0.4, -0.2) is 17.4 Å². The van der Waals surface area contributed by atoms with Crippen LogP contribution in [0, 0.1) is 0 Å². The molecule has 0 fully saturated rings. The predicted molar refractivity (Wildman–Crippen MR) is 70.6 cm³/mol. The van der Waals surface area contributed by atoms with Crippen LogP contribution in [0.5, 0.6) is 0 Å². The van der Waals surface area contributed by atoms with Gasteiger partial charge in [-0.2, -0.15) is 5.10 Å². The summed E-state index contributed by atoms with van der Waals surface area (Å²) in [5.74, 6) is 5.12. The topological polar surface area (TPSA) is 87.7 Å². The van der Waals surface area contributed by atoms with Crippen molar-refractivity contribution in [3.63, 3.8) is 0 Å². The van der Waals surface area contributed by atoms with E-state index in [1.54, 1.807) is 6.21 Å². The third kappa shape index (κ3) is 2.57. The maximum atomic E-state index is 10.5. The Morgan fingerprint density at radius 3 is 2.94 bits per heavy atom. The minimum Gasteiger partial charge on any atom is -0.465 e. The maximum Gasteiger partial charge on any atom is 0.404 e. The number of carbonyl (C=O) groups is 1. The quantitative estimate of drug-likeness (QED) is 0.437. The van der Waals surface area contributed by atoms with E-state index < -0.39 is 6.09 Å². The van der Waals surface area contributed by atoms with Crippen LogP contribution in [-0.2, 0) is 6.54 Å². The van der Waals surface area contributed by atoms with Crippen LogP contribution in [0.15, 0.2) is 41.5 Å². The van der Waals surface area contributed by atoms with Crippen molar-refractivity contribution in [3.05, 3.63) is 47.5 Å². The number of nitrogens with two attached hydrogens (primary N) is 1. The van der Waals surface area contributed by atoms with Crippen molar-refractivity contribution in [2.45, 2.75) is 6.54 Å². The Hall–Kier alpha value is -2.56. The summed E-state index contributed by atoms with van der Waals surface area (Å²) in [5.41, 5.74) is 1.80. The van der Waals surface area contributed by atoms with Gasteiger partial charge >= 0.3 is 6.09 Å². The van der Waals surface area contributed by atoms with Gasteiger partial charge in [0.2, 0.25) is 0 Å². The Kier molecular flexibility index (Phi) is 3.43. The first kappa shape index (κ1) is 11.9. The molecular formula is C13H13N3O2. The fourth-order valence-electron chi connectivity index (χ4n) is 1.85. The van der Waals surface area contributed by atoms with E-state index in [1.165, 1.54) is 0 Å². The zero-order valence-electron chi connectivity index (χ0n) is 9.63. The molecule has 0 aliphatic heterocycles. The normalized spacial score (nSPS) is 10.9. The molecule has 0 radical (unpaired) electrons. The lowest BCUT2D eigenvalue weighted by Gasteiger charge is -2.07. The second kappa shape index (κ2) is 5.18. The monoisotopic (exact) mass is 243 g/mol. The Balaban J connectivity index is 2.44. The smallest absolute Gasteiger partial charge is 0.404 e. The first-order chi connectivity index (χ1) is 8.70. The molecule has 92 valence electrons. The van der Waals surface area contributed by atoms with Crippen molar-refractivity contribution in [2.75, 3.05) is 0 Å². The molecule has 0 saturated heterocycles. The van der Waals surface area contributed by atoms with Crippen molar-refractivity contribution in [1.29, 1.82) is 0 Å². The molecule has 1 amide bonds. The number of carboxylic acid groups (broad SMARTS) is 1. The summed E-state index contributed by atoms with van der Waals surface area (Å²) in [6.45, 7) is 0.274. The minimum atomic E-state index is -1.04. The molecule has 0 saturated carbocycles. The largest absolute Gasteiger partial charge is 0.465 e. The Morgan fingerprint density at radius 2 is 2.22 bits per heavy atom. The lowest BCUT2D eigenvalue weighted by atomic mass is 10.0. The lowest BCUT2D eigenvalue weighted by Crippen LogP contribution is -2.20. The third-order valence-electron chi connectivity index (χ3n) is 2.65. The maximum absolute atomic E-state index is 10.5. The molecule has 0 aliphatic carbocycles. The van der Waals surface area contributed by atoms with E-state index in [2.05, 4.69) is 10.4 Å². The molecule has 0 bridgehead atoms. The van der Waals surface area contributed by atoms with Gasteiger partial charge in [-0.15, -0.1) is 0 Å². The van der Waals surface area contributed by atoms with Gasteiger partial charge in [-0.3, -0.25) is 0 Å². The molecule has 0 aliphatic rings. The second-order valence-corrected chi connectivity index (χ2v) is 3.83. The summed E-state index contributed by atoms with van der Waals surface area (Å²) in [6, 6.07) is 11.6. The van der Waals surface area contributed by atoms with Gasteiger partial charge in [0.1, 0.15) is 0 Å². The Labute approximate surface area is 104 Å². The average molecular weight is 243 g/mol. The number of hydrogen-bond acceptors (Lipinski definition) is 3. The summed E-state index contributed by atoms with van der Waals surface area (Å²) < 4.78 is 0. The molecular weight excluding hydrogens is 230 g/mol. The van der Waals surface area contributed by atoms with Gasteiger partial charge in [0, 0.05) is 6.54 Å². The number of hydrogen-bond donors (Lipinski definition) is 3. The first-order valence-corrected chi connectivity index (χ1v) is 5.42. The fraction of sp³-hybridized carbons (Fsp3) is 0.0769. The summed E-state index contributed by atoms with van der Waals surface area (Å²) in [5, 5.41) is 16.5. The Morgan fingerprint density at radius 1 is 1.39 bits per heavy atom. The summed E-state index contributed by atoms with van der Waals surface area (Å²) in [6.07, 6.45) is 0.521. The zero-order chi connectivity index (χ0) is 13.0. The number of hydrazone groups is 1. The highest BCUT2D eigenvalue weighted by Crippen LogP contribution is 2.20. The van der Waals surface area contributed by atoms with E-state index in [1.807, 2.05) is 36.4 Å². The van der Waals surface area contributed by atoms with E-state index in [-0.39, 0.29) is 6.54 Å². The van der Waals surface area contributed by atoms with E-state index in [0.29, 0.717) is 0 Å². The molecule has 2 aromatic carbocycles. The summed E-state index contributed by atoms with van der Waals surface area (Å²) in [7, 11) is 0. The van der Waals surface area contributed by atoms with Gasteiger partial charge in [-0.05, 0) is 28.0 Å². The third-order valence-corrected chi connectivity index (χ3v) is 2.65. The van der Waals surface area contributed by atoms with Crippen molar-refractivity contribution in [2.24, 2.45) is 10.9 Å². The number of nitrogens with zero attached hydrogens (tertiary/aromatic N) is 1. The number of rotatable bonds is 3. The molecule has 4 N–H and O–H groups in total. The Bertz CT molecular complexity index is 608. The van der Waals surface area contributed by atoms with Gasteiger partial charge in [-0.1, -0.05) is 30.3 Å². The van der Waals surface area contributed by atoms with Crippen LogP contribution in [0.4, 0.5) is 4.79 Å². The highest BCUT2D eigenvalue weighted by Gasteiger charge is 2.03. The van der Waals surface area contributed by atoms with Crippen LogP contribution in [0.1, 0.15) is 11.1 Å². The van der Waals surface area contributed by atoms with E-state index in [9.17, 15) is 4.79 Å². The van der Waals surface area contributed by atoms with Gasteiger partial charge < -0.3 is 16.3 Å². The van der Waals surface area contributed by atoms with Crippen LogP contribution < -0.4 is 11.2 Å². The predicted octanol–water partition coefficient (Wildman–Crippen LogP) is 1.90. The summed E-state index contributed by atoms with van der Waals surface area (Å²) >= 11 is 0. The summed E-state index contributed by atoms with van der Waals surface area (Å²) in [4.78, 5) is 10.5. The molecule has 0 atom stereocenters. The van der Waals surface area contributed by atoms with Gasteiger partial charge in [-0.25, -0.2) is 4.79 Å². The van der Waals surface area contributed by atoms with Crippen molar-refractivity contribution < 1.29 is 9.90 Å². The standard InChI is InChI=1S/C13H13N3O2/c14-16-7-9-4-5-10-2-1-3-11(12(10)6-9)8-15-13(17)18/h1-7,15H,8,14H2,(H,17,18).